The molecule has 190 valence electrons. The SMILES string of the molecule is CC1(C)CC[C@@]23CC[C@]4(C)[C@@](OC2=O)(C3C1)[C@@H](Br)C[C@@H]1[C@@]2(C)CCC(=O)C(C)(C)[C@@H]2CC[C@]14C. The molecule has 5 saturated carbocycles. The van der Waals surface area contributed by atoms with E-state index in [1.54, 1.807) is 0 Å². The molecule has 1 heterocycles. The van der Waals surface area contributed by atoms with Crippen molar-refractivity contribution in [1.29, 1.82) is 0 Å². The number of hydrogen-bond donors (Lipinski definition) is 0. The van der Waals surface area contributed by atoms with E-state index in [-0.39, 0.29) is 43.3 Å². The number of ketones is 1. The molecule has 6 fully saturated rings. The molecule has 34 heavy (non-hydrogen) atoms. The first-order valence-corrected chi connectivity index (χ1v) is 14.9. The van der Waals surface area contributed by atoms with Gasteiger partial charge in [0.05, 0.1) is 10.2 Å². The molecule has 6 aliphatic rings. The monoisotopic (exact) mass is 532 g/mol. The molecular weight excluding hydrogens is 488 g/mol. The molecule has 2 bridgehead atoms. The van der Waals surface area contributed by atoms with E-state index in [0.29, 0.717) is 23.5 Å². The Balaban J connectivity index is 1.50. The smallest absolute Gasteiger partial charge is 0.313 e. The Morgan fingerprint density at radius 2 is 1.50 bits per heavy atom. The number of rotatable bonds is 0. The van der Waals surface area contributed by atoms with Crippen LogP contribution in [0.5, 0.6) is 0 Å². The van der Waals surface area contributed by atoms with E-state index < -0.39 is 5.60 Å². The summed E-state index contributed by atoms with van der Waals surface area (Å²) in [5, 5.41) is 0. The van der Waals surface area contributed by atoms with E-state index in [1.807, 2.05) is 0 Å². The molecule has 1 aliphatic heterocycles. The van der Waals surface area contributed by atoms with Gasteiger partial charge in [-0.15, -0.1) is 0 Å². The van der Waals surface area contributed by atoms with Gasteiger partial charge in [0.15, 0.2) is 0 Å². The molecule has 1 spiro atoms. The van der Waals surface area contributed by atoms with Crippen LogP contribution in [0.25, 0.3) is 0 Å². The van der Waals surface area contributed by atoms with Gasteiger partial charge in [-0.3, -0.25) is 9.59 Å². The van der Waals surface area contributed by atoms with E-state index in [0.717, 1.165) is 64.2 Å². The molecule has 6 rings (SSSR count). The Hall–Kier alpha value is -0.380. The highest BCUT2D eigenvalue weighted by molar-refractivity contribution is 9.09. The lowest BCUT2D eigenvalue weighted by Crippen LogP contribution is -2.75. The normalized spacial score (nSPS) is 57.1. The summed E-state index contributed by atoms with van der Waals surface area (Å²) >= 11 is 4.26. The molecular formula is C30H45BrO3. The first-order valence-electron chi connectivity index (χ1n) is 14.0. The second-order valence-corrected chi connectivity index (χ2v) is 16.6. The van der Waals surface area contributed by atoms with Gasteiger partial charge in [-0.2, -0.15) is 0 Å². The zero-order valence-electron chi connectivity index (χ0n) is 22.5. The number of carbonyl (C=O) groups excluding carboxylic acids is 2. The Bertz CT molecular complexity index is 970. The van der Waals surface area contributed by atoms with Crippen LogP contribution in [0.15, 0.2) is 0 Å². The minimum Gasteiger partial charge on any atom is -0.457 e. The van der Waals surface area contributed by atoms with Crippen LogP contribution < -0.4 is 0 Å². The number of alkyl halides is 1. The number of esters is 1. The lowest BCUT2D eigenvalue weighted by atomic mass is 9.31. The van der Waals surface area contributed by atoms with Crippen molar-refractivity contribution < 1.29 is 14.3 Å². The quantitative estimate of drug-likeness (QED) is 0.239. The fourth-order valence-electron chi connectivity index (χ4n) is 11.6. The van der Waals surface area contributed by atoms with Crippen molar-refractivity contribution in [3.63, 3.8) is 0 Å². The van der Waals surface area contributed by atoms with E-state index in [1.165, 1.54) is 0 Å². The molecule has 1 saturated heterocycles. The predicted octanol–water partition coefficient (Wildman–Crippen LogP) is 7.49. The predicted molar refractivity (Wildman–Crippen MR) is 138 cm³/mol. The zero-order chi connectivity index (χ0) is 24.7. The fraction of sp³-hybridized carbons (Fsp3) is 0.933. The molecule has 9 atom stereocenters. The van der Waals surface area contributed by atoms with Crippen molar-refractivity contribution in [1.82, 2.24) is 0 Å². The van der Waals surface area contributed by atoms with Crippen LogP contribution in [0.3, 0.4) is 0 Å². The standard InChI is InChI=1S/C30H45BrO3/c1-24(2)12-14-29-15-13-28(7)27(6)11-8-18-25(3,4)22(32)9-10-26(18,5)19(27)16-21(31)30(28,20(29)17-24)34-23(29)33/h18-21H,8-17H2,1-7H3/t18-,19+,20?,21-,26-,27+,28-,29-,30+/m0/s1. The first kappa shape index (κ1) is 24.0. The fourth-order valence-corrected chi connectivity index (χ4v) is 12.9. The van der Waals surface area contributed by atoms with Crippen molar-refractivity contribution in [2.75, 3.05) is 0 Å². The first-order chi connectivity index (χ1) is 15.6. The topological polar surface area (TPSA) is 43.4 Å². The third-order valence-electron chi connectivity index (χ3n) is 13.8. The van der Waals surface area contributed by atoms with Crippen molar-refractivity contribution in [3.05, 3.63) is 0 Å². The van der Waals surface area contributed by atoms with Gasteiger partial charge in [0.1, 0.15) is 11.4 Å². The number of hydrogen-bond acceptors (Lipinski definition) is 3. The molecule has 0 aromatic rings. The minimum atomic E-state index is -0.408. The van der Waals surface area contributed by atoms with Crippen LogP contribution in [-0.4, -0.2) is 22.2 Å². The van der Waals surface area contributed by atoms with Crippen molar-refractivity contribution >= 4 is 27.7 Å². The van der Waals surface area contributed by atoms with Crippen LogP contribution >= 0.6 is 15.9 Å². The summed E-state index contributed by atoms with van der Waals surface area (Å²) in [6.07, 6.45) is 10.4. The number of ether oxygens (including phenoxy) is 1. The maximum Gasteiger partial charge on any atom is 0.313 e. The van der Waals surface area contributed by atoms with Gasteiger partial charge in [-0.05, 0) is 85.9 Å². The zero-order valence-corrected chi connectivity index (χ0v) is 24.1. The Kier molecular flexibility index (Phi) is 4.61. The van der Waals surface area contributed by atoms with Gasteiger partial charge >= 0.3 is 5.97 Å². The third kappa shape index (κ3) is 2.38. The van der Waals surface area contributed by atoms with E-state index in [4.69, 9.17) is 4.74 Å². The molecule has 0 aromatic carbocycles. The molecule has 1 unspecified atom stereocenters. The third-order valence-corrected chi connectivity index (χ3v) is 14.8. The maximum absolute atomic E-state index is 13.8. The van der Waals surface area contributed by atoms with Gasteiger partial charge in [0.2, 0.25) is 0 Å². The van der Waals surface area contributed by atoms with Crippen molar-refractivity contribution in [2.24, 2.45) is 50.2 Å². The van der Waals surface area contributed by atoms with Crippen LogP contribution in [0, 0.1) is 50.2 Å². The largest absolute Gasteiger partial charge is 0.457 e. The number of fused-ring (bicyclic) bond motifs is 4. The van der Waals surface area contributed by atoms with Crippen molar-refractivity contribution in [3.8, 4) is 0 Å². The van der Waals surface area contributed by atoms with Crippen LogP contribution in [0.1, 0.15) is 113 Å². The van der Waals surface area contributed by atoms with Crippen LogP contribution in [-0.2, 0) is 14.3 Å². The second kappa shape index (κ2) is 6.54. The number of Topliss-reactive ketones (excluding diaryl/α,β-unsaturated/α-hetero) is 1. The lowest BCUT2D eigenvalue weighted by molar-refractivity contribution is -0.274. The van der Waals surface area contributed by atoms with Gasteiger partial charge in [-0.1, -0.05) is 64.4 Å². The van der Waals surface area contributed by atoms with Crippen LogP contribution in [0.4, 0.5) is 0 Å². The summed E-state index contributed by atoms with van der Waals surface area (Å²) in [6, 6.07) is 0. The summed E-state index contributed by atoms with van der Waals surface area (Å²) in [4.78, 5) is 26.9. The van der Waals surface area contributed by atoms with Gasteiger partial charge < -0.3 is 4.74 Å². The molecule has 4 heteroatoms. The molecule has 3 nitrogen and oxygen atoms in total. The highest BCUT2D eigenvalue weighted by Crippen LogP contribution is 2.81. The van der Waals surface area contributed by atoms with E-state index in [9.17, 15) is 9.59 Å². The minimum absolute atomic E-state index is 0.0512. The highest BCUT2D eigenvalue weighted by atomic mass is 79.9. The molecule has 0 aromatic heterocycles. The molecule has 5 aliphatic carbocycles. The Labute approximate surface area is 215 Å². The maximum atomic E-state index is 13.8. The van der Waals surface area contributed by atoms with Crippen LogP contribution in [0.2, 0.25) is 0 Å². The summed E-state index contributed by atoms with van der Waals surface area (Å²) in [5.41, 5.74) is -0.429. The average molecular weight is 534 g/mol. The summed E-state index contributed by atoms with van der Waals surface area (Å²) in [5.74, 6) is 1.87. The molecule has 0 radical (unpaired) electrons. The van der Waals surface area contributed by atoms with E-state index in [2.05, 4.69) is 64.4 Å². The van der Waals surface area contributed by atoms with Gasteiger partial charge in [0, 0.05) is 23.2 Å². The van der Waals surface area contributed by atoms with Crippen molar-refractivity contribution in [2.45, 2.75) is 123 Å². The average Bonchev–Trinajstić information content (AvgIpc) is 2.93. The summed E-state index contributed by atoms with van der Waals surface area (Å²) in [7, 11) is 0. The number of halogens is 1. The number of carbonyl (C=O) groups is 2. The Morgan fingerprint density at radius 3 is 2.21 bits per heavy atom. The molecule has 0 amide bonds. The Morgan fingerprint density at radius 1 is 0.824 bits per heavy atom. The van der Waals surface area contributed by atoms with Gasteiger partial charge in [0.25, 0.3) is 0 Å². The highest BCUT2D eigenvalue weighted by Gasteiger charge is 2.83. The summed E-state index contributed by atoms with van der Waals surface area (Å²) in [6.45, 7) is 16.8. The van der Waals surface area contributed by atoms with Gasteiger partial charge in [-0.25, -0.2) is 0 Å². The second-order valence-electron chi connectivity index (χ2n) is 15.5. The van der Waals surface area contributed by atoms with E-state index >= 15 is 0 Å². The summed E-state index contributed by atoms with van der Waals surface area (Å²) < 4.78 is 6.82. The lowest BCUT2D eigenvalue weighted by Gasteiger charge is -2.74. The molecule has 0 N–H and O–H groups in total.